The first kappa shape index (κ1) is 27.2. The molecule has 1 heterocycles. The maximum atomic E-state index is 11.4. The smallest absolute Gasteiger partial charge is 0.308 e. The Labute approximate surface area is 244 Å². The number of benzene rings is 3. The monoisotopic (exact) mass is 593 g/mol. The van der Waals surface area contributed by atoms with E-state index in [1.807, 2.05) is 60.3 Å². The van der Waals surface area contributed by atoms with Crippen molar-refractivity contribution < 1.29 is 15.6 Å². The number of nitrogens with zero attached hydrogens (tertiary/aromatic N) is 2. The van der Waals surface area contributed by atoms with E-state index < -0.39 is 12.7 Å². The summed E-state index contributed by atoms with van der Waals surface area (Å²) in [6.07, 6.45) is 3.30. The molecule has 0 bridgehead atoms. The molecule has 0 amide bonds. The lowest BCUT2D eigenvalue weighted by atomic mass is 10.1. The molecule has 2 atom stereocenters. The molecule has 0 fully saturated rings. The predicted octanol–water partition coefficient (Wildman–Crippen LogP) is 8.35. The van der Waals surface area contributed by atoms with Crippen LogP contribution in [0.3, 0.4) is 0 Å². The summed E-state index contributed by atoms with van der Waals surface area (Å²) in [7, 11) is 0. The Balaban J connectivity index is 1.49. The van der Waals surface area contributed by atoms with E-state index in [0.29, 0.717) is 38.9 Å². The van der Waals surface area contributed by atoms with Crippen LogP contribution in [0.15, 0.2) is 60.9 Å². The summed E-state index contributed by atoms with van der Waals surface area (Å²) in [5, 5.41) is 2.07. The van der Waals surface area contributed by atoms with Gasteiger partial charge in [-0.1, -0.05) is 70.7 Å². The summed E-state index contributed by atoms with van der Waals surface area (Å²) in [5.74, 6) is 0.224. The van der Waals surface area contributed by atoms with Crippen molar-refractivity contribution in [2.45, 2.75) is 40.0 Å². The molecule has 0 saturated carbocycles. The number of aryl methyl sites for hydroxylation is 2. The van der Waals surface area contributed by atoms with Crippen LogP contribution in [0.4, 0.5) is 0 Å². The van der Waals surface area contributed by atoms with Crippen LogP contribution >= 0.6 is 46.4 Å². The zero-order chi connectivity index (χ0) is 28.3. The number of hydrogen-bond donors (Lipinski definition) is 0. The minimum absolute atomic E-state index is 0.233. The highest BCUT2D eigenvalue weighted by molar-refractivity contribution is 6.35. The predicted molar refractivity (Wildman–Crippen MR) is 154 cm³/mol. The minimum atomic E-state index is -0.685. The van der Waals surface area contributed by atoms with Gasteiger partial charge in [0.15, 0.2) is 0 Å². The van der Waals surface area contributed by atoms with E-state index in [-0.39, 0.29) is 12.6 Å². The van der Waals surface area contributed by atoms with Crippen LogP contribution in [-0.4, -0.2) is 29.0 Å². The van der Waals surface area contributed by atoms with Crippen LogP contribution in [0.1, 0.15) is 42.2 Å². The third-order valence-electron chi connectivity index (χ3n) is 6.02. The normalized spacial score (nSPS) is 16.1. The van der Waals surface area contributed by atoms with Gasteiger partial charge in [-0.3, -0.25) is 4.79 Å². The van der Waals surface area contributed by atoms with Gasteiger partial charge in [-0.05, 0) is 60.4 Å². The first-order valence-electron chi connectivity index (χ1n) is 12.5. The van der Waals surface area contributed by atoms with Crippen LogP contribution in [0.25, 0.3) is 0 Å². The maximum Gasteiger partial charge on any atom is 0.308 e. The van der Waals surface area contributed by atoms with E-state index in [4.69, 9.17) is 57.2 Å². The van der Waals surface area contributed by atoms with Crippen molar-refractivity contribution in [1.82, 2.24) is 9.80 Å². The summed E-state index contributed by atoms with van der Waals surface area (Å²) in [6.45, 7) is 5.63. The van der Waals surface area contributed by atoms with E-state index in [1.165, 1.54) is 6.92 Å². The summed E-state index contributed by atoms with van der Waals surface area (Å²) in [4.78, 5) is 15.2. The molecule has 0 N–H and O–H groups in total. The molecule has 5 nitrogen and oxygen atoms in total. The first-order chi connectivity index (χ1) is 18.5. The van der Waals surface area contributed by atoms with Crippen molar-refractivity contribution in [3.63, 3.8) is 0 Å². The van der Waals surface area contributed by atoms with Gasteiger partial charge >= 0.3 is 5.97 Å². The van der Waals surface area contributed by atoms with Crippen molar-refractivity contribution in [3.05, 3.63) is 109 Å². The van der Waals surface area contributed by atoms with Crippen LogP contribution in [0.5, 0.6) is 5.75 Å². The van der Waals surface area contributed by atoms with Crippen molar-refractivity contribution in [2.24, 2.45) is 0 Å². The maximum absolute atomic E-state index is 11.4. The standard InChI is InChI=1S/C29H28Cl4N2O3/c1-18-10-21(11-19(2)29(18)38-20(3)36)14-34-8-9-35(17-34)15-28(25-7-6-24(31)13-27(25)33)37-16-22-4-5-23(30)12-26(22)32/h4-13,28H,14-17H2,1-3H3/i17D. The molecular formula is C29H28Cl4N2O3. The quantitative estimate of drug-likeness (QED) is 0.184. The molecule has 1 aliphatic rings. The molecule has 200 valence electrons. The van der Waals surface area contributed by atoms with Crippen molar-refractivity contribution in [1.29, 1.82) is 0 Å². The third-order valence-corrected chi connectivity index (χ3v) is 7.17. The number of carbonyl (C=O) groups is 1. The fraction of sp³-hybridized carbons (Fsp3) is 0.276. The number of ether oxygens (including phenoxy) is 2. The number of hydrogen-bond acceptors (Lipinski definition) is 5. The topological polar surface area (TPSA) is 42.0 Å². The second kappa shape index (κ2) is 12.6. The third kappa shape index (κ3) is 7.37. The fourth-order valence-corrected chi connectivity index (χ4v) is 5.30. The van der Waals surface area contributed by atoms with Crippen LogP contribution in [0, 0.1) is 13.8 Å². The van der Waals surface area contributed by atoms with E-state index >= 15 is 0 Å². The zero-order valence-corrected chi connectivity index (χ0v) is 24.2. The minimum Gasteiger partial charge on any atom is -0.426 e. The van der Waals surface area contributed by atoms with Crippen LogP contribution in [-0.2, 0) is 22.7 Å². The lowest BCUT2D eigenvalue weighted by Crippen LogP contribution is -2.29. The van der Waals surface area contributed by atoms with Crippen LogP contribution < -0.4 is 4.74 Å². The van der Waals surface area contributed by atoms with Gasteiger partial charge in [0.2, 0.25) is 0 Å². The van der Waals surface area contributed by atoms with E-state index in [0.717, 1.165) is 27.8 Å². The molecule has 3 aromatic carbocycles. The molecule has 4 rings (SSSR count). The second-order valence-electron chi connectivity index (χ2n) is 9.14. The lowest BCUT2D eigenvalue weighted by Gasteiger charge is -2.27. The molecule has 0 saturated heterocycles. The second-order valence-corrected chi connectivity index (χ2v) is 10.8. The molecule has 0 spiro atoms. The molecule has 0 radical (unpaired) electrons. The molecule has 2 unspecified atom stereocenters. The number of carbonyl (C=O) groups excluding carboxylic acids is 1. The van der Waals surface area contributed by atoms with Gasteiger partial charge in [0.1, 0.15) is 11.9 Å². The van der Waals surface area contributed by atoms with Crippen LogP contribution in [0.2, 0.25) is 20.1 Å². The largest absolute Gasteiger partial charge is 0.426 e. The summed E-state index contributed by atoms with van der Waals surface area (Å²) in [6, 6.07) is 14.5. The summed E-state index contributed by atoms with van der Waals surface area (Å²) in [5.41, 5.74) is 4.30. The average Bonchev–Trinajstić information content (AvgIpc) is 3.19. The molecule has 0 aromatic heterocycles. The Kier molecular flexibility index (Phi) is 9.03. The number of rotatable bonds is 9. The fourth-order valence-electron chi connectivity index (χ4n) is 4.31. The molecule has 0 aliphatic carbocycles. The Hall–Kier alpha value is -2.41. The van der Waals surface area contributed by atoms with Gasteiger partial charge in [-0.15, -0.1) is 0 Å². The van der Waals surface area contributed by atoms with Crippen molar-refractivity contribution in [2.75, 3.05) is 13.2 Å². The molecule has 3 aromatic rings. The average molecular weight is 595 g/mol. The van der Waals surface area contributed by atoms with Gasteiger partial charge in [-0.2, -0.15) is 0 Å². The van der Waals surface area contributed by atoms with Gasteiger partial charge in [0.05, 0.1) is 14.6 Å². The number of esters is 1. The van der Waals surface area contributed by atoms with E-state index in [1.54, 1.807) is 24.3 Å². The summed E-state index contributed by atoms with van der Waals surface area (Å²) < 4.78 is 20.6. The SMILES string of the molecule is [2H]C1N(Cc2cc(C)c(OC(C)=O)c(C)c2)C=CN1CC(OCc1ccc(Cl)cc1Cl)c1ccc(Cl)cc1Cl. The zero-order valence-electron chi connectivity index (χ0n) is 22.2. The highest BCUT2D eigenvalue weighted by Gasteiger charge is 2.22. The lowest BCUT2D eigenvalue weighted by molar-refractivity contribution is -0.131. The molecule has 1 aliphatic heterocycles. The first-order valence-corrected chi connectivity index (χ1v) is 13.4. The van der Waals surface area contributed by atoms with Gasteiger partial charge in [0, 0.05) is 58.1 Å². The van der Waals surface area contributed by atoms with E-state index in [2.05, 4.69) is 0 Å². The van der Waals surface area contributed by atoms with Gasteiger partial charge in [-0.25, -0.2) is 0 Å². The Morgan fingerprint density at radius 2 is 1.58 bits per heavy atom. The van der Waals surface area contributed by atoms with Gasteiger partial charge < -0.3 is 19.3 Å². The molecule has 38 heavy (non-hydrogen) atoms. The molecular weight excluding hydrogens is 566 g/mol. The van der Waals surface area contributed by atoms with Crippen molar-refractivity contribution in [3.8, 4) is 5.75 Å². The highest BCUT2D eigenvalue weighted by Crippen LogP contribution is 2.32. The Morgan fingerprint density at radius 1 is 0.947 bits per heavy atom. The Bertz CT molecular complexity index is 1380. The number of halogens is 4. The Morgan fingerprint density at radius 3 is 2.21 bits per heavy atom. The van der Waals surface area contributed by atoms with Crippen molar-refractivity contribution >= 4 is 52.4 Å². The molecule has 9 heteroatoms. The summed E-state index contributed by atoms with van der Waals surface area (Å²) >= 11 is 25.1. The van der Waals surface area contributed by atoms with E-state index in [9.17, 15) is 4.79 Å². The highest BCUT2D eigenvalue weighted by atomic mass is 35.5. The van der Waals surface area contributed by atoms with Gasteiger partial charge in [0.25, 0.3) is 0 Å².